The van der Waals surface area contributed by atoms with E-state index in [1.807, 2.05) is 45.5 Å². The lowest BCUT2D eigenvalue weighted by Gasteiger charge is -2.20. The topological polar surface area (TPSA) is 77.6 Å². The van der Waals surface area contributed by atoms with Gasteiger partial charge in [0.25, 0.3) is 5.91 Å². The van der Waals surface area contributed by atoms with Crippen LogP contribution in [0.4, 0.5) is 4.39 Å². The summed E-state index contributed by atoms with van der Waals surface area (Å²) in [4.78, 5) is 22.7. The summed E-state index contributed by atoms with van der Waals surface area (Å²) < 4.78 is 17.5. The predicted molar refractivity (Wildman–Crippen MR) is 116 cm³/mol. The number of hydrogen-bond acceptors (Lipinski definition) is 4. The van der Waals surface area contributed by atoms with Gasteiger partial charge in [0, 0.05) is 32.2 Å². The summed E-state index contributed by atoms with van der Waals surface area (Å²) in [5.41, 5.74) is 3.30. The van der Waals surface area contributed by atoms with Crippen LogP contribution < -0.4 is 5.32 Å². The minimum Gasteiger partial charge on any atom is -0.338 e. The summed E-state index contributed by atoms with van der Waals surface area (Å²) in [5, 5.41) is 8.23. The average molecular weight is 420 g/mol. The fourth-order valence-electron chi connectivity index (χ4n) is 3.79. The summed E-state index contributed by atoms with van der Waals surface area (Å²) in [6.45, 7) is 5.92. The highest BCUT2D eigenvalue weighted by atomic mass is 19.1. The summed E-state index contributed by atoms with van der Waals surface area (Å²) in [7, 11) is 3.66. The molecule has 3 aromatic heterocycles. The Morgan fingerprint density at radius 1 is 1.19 bits per heavy atom. The maximum absolute atomic E-state index is 14.0. The highest BCUT2D eigenvalue weighted by Crippen LogP contribution is 2.27. The number of nitrogens with one attached hydrogen (secondary N) is 1. The van der Waals surface area contributed by atoms with Crippen molar-refractivity contribution in [3.8, 4) is 0 Å². The van der Waals surface area contributed by atoms with Gasteiger partial charge in [-0.1, -0.05) is 26.0 Å². The Bertz CT molecular complexity index is 1270. The number of amides is 1. The number of pyridine rings is 1. The van der Waals surface area contributed by atoms with Gasteiger partial charge in [-0.15, -0.1) is 0 Å². The van der Waals surface area contributed by atoms with Gasteiger partial charge in [0.05, 0.1) is 16.6 Å². The molecule has 1 atom stereocenters. The van der Waals surface area contributed by atoms with E-state index in [1.165, 1.54) is 12.1 Å². The average Bonchev–Trinajstić information content (AvgIpc) is 3.28. The molecular formula is C23H25FN6O. The van der Waals surface area contributed by atoms with Gasteiger partial charge in [-0.2, -0.15) is 5.10 Å². The summed E-state index contributed by atoms with van der Waals surface area (Å²) >= 11 is 0. The van der Waals surface area contributed by atoms with Crippen LogP contribution in [-0.4, -0.2) is 30.2 Å². The zero-order valence-corrected chi connectivity index (χ0v) is 18.2. The molecule has 0 aliphatic carbocycles. The van der Waals surface area contributed by atoms with Crippen molar-refractivity contribution in [3.05, 3.63) is 76.9 Å². The molecule has 4 rings (SSSR count). The second-order valence-corrected chi connectivity index (χ2v) is 8.01. The van der Waals surface area contributed by atoms with Crippen molar-refractivity contribution in [2.45, 2.75) is 32.7 Å². The Labute approximate surface area is 179 Å². The number of fused-ring (bicyclic) bond motifs is 1. The maximum atomic E-state index is 14.0. The van der Waals surface area contributed by atoms with Crippen LogP contribution in [-0.2, 0) is 14.1 Å². The van der Waals surface area contributed by atoms with Gasteiger partial charge in [0.2, 0.25) is 0 Å². The Balaban J connectivity index is 1.83. The second kappa shape index (κ2) is 7.94. The van der Waals surface area contributed by atoms with E-state index >= 15 is 0 Å². The minimum absolute atomic E-state index is 0.139. The summed E-state index contributed by atoms with van der Waals surface area (Å²) in [6, 6.07) is 7.39. The Hall–Kier alpha value is -3.55. The van der Waals surface area contributed by atoms with E-state index in [2.05, 4.69) is 15.4 Å². The van der Waals surface area contributed by atoms with Gasteiger partial charge >= 0.3 is 0 Å². The molecule has 7 nitrogen and oxygen atoms in total. The van der Waals surface area contributed by atoms with E-state index in [0.29, 0.717) is 28.0 Å². The number of carbonyl (C=O) groups is 1. The van der Waals surface area contributed by atoms with Crippen LogP contribution in [0.5, 0.6) is 0 Å². The minimum atomic E-state index is -0.620. The fraction of sp³-hybridized carbons (Fsp3) is 0.304. The van der Waals surface area contributed by atoms with Crippen molar-refractivity contribution in [1.82, 2.24) is 29.6 Å². The summed E-state index contributed by atoms with van der Waals surface area (Å²) in [6.07, 6.45) is 3.45. The van der Waals surface area contributed by atoms with E-state index in [9.17, 15) is 9.18 Å². The van der Waals surface area contributed by atoms with Crippen molar-refractivity contribution >= 4 is 16.9 Å². The lowest BCUT2D eigenvalue weighted by molar-refractivity contribution is 0.0942. The van der Waals surface area contributed by atoms with Crippen molar-refractivity contribution in [2.75, 3.05) is 0 Å². The van der Waals surface area contributed by atoms with Gasteiger partial charge in [-0.05, 0) is 36.6 Å². The van der Waals surface area contributed by atoms with Gasteiger partial charge in [0.15, 0.2) is 5.65 Å². The maximum Gasteiger partial charge on any atom is 0.253 e. The smallest absolute Gasteiger partial charge is 0.253 e. The second-order valence-electron chi connectivity index (χ2n) is 8.01. The van der Waals surface area contributed by atoms with Crippen LogP contribution in [0.3, 0.4) is 0 Å². The molecule has 160 valence electrons. The molecule has 31 heavy (non-hydrogen) atoms. The lowest BCUT2D eigenvalue weighted by atomic mass is 10.0. The van der Waals surface area contributed by atoms with E-state index < -0.39 is 6.04 Å². The monoisotopic (exact) mass is 420 g/mol. The number of halogens is 1. The van der Waals surface area contributed by atoms with Crippen molar-refractivity contribution in [2.24, 2.45) is 14.1 Å². The Morgan fingerprint density at radius 2 is 1.97 bits per heavy atom. The molecule has 3 heterocycles. The van der Waals surface area contributed by atoms with E-state index in [0.717, 1.165) is 11.4 Å². The van der Waals surface area contributed by atoms with Crippen LogP contribution in [0.15, 0.2) is 42.7 Å². The largest absolute Gasteiger partial charge is 0.338 e. The van der Waals surface area contributed by atoms with Crippen molar-refractivity contribution in [3.63, 3.8) is 0 Å². The van der Waals surface area contributed by atoms with Crippen LogP contribution in [0, 0.1) is 12.7 Å². The molecule has 1 amide bonds. The quantitative estimate of drug-likeness (QED) is 0.533. The molecule has 0 saturated heterocycles. The molecule has 0 aliphatic rings. The normalized spacial score (nSPS) is 12.5. The third kappa shape index (κ3) is 3.81. The van der Waals surface area contributed by atoms with Crippen LogP contribution in [0.2, 0.25) is 0 Å². The molecule has 0 spiro atoms. The van der Waals surface area contributed by atoms with E-state index in [1.54, 1.807) is 29.2 Å². The number of benzene rings is 1. The van der Waals surface area contributed by atoms with Crippen LogP contribution >= 0.6 is 0 Å². The van der Waals surface area contributed by atoms with Gasteiger partial charge in [0.1, 0.15) is 17.7 Å². The van der Waals surface area contributed by atoms with Gasteiger partial charge < -0.3 is 9.88 Å². The molecule has 0 saturated carbocycles. The molecule has 1 unspecified atom stereocenters. The number of carbonyl (C=O) groups excluding carboxylic acids is 1. The Kier molecular flexibility index (Phi) is 5.31. The number of rotatable bonds is 5. The molecule has 0 radical (unpaired) electrons. The zero-order chi connectivity index (χ0) is 22.3. The molecule has 0 fully saturated rings. The highest BCUT2D eigenvalue weighted by molar-refractivity contribution is 6.06. The number of imidazole rings is 1. The highest BCUT2D eigenvalue weighted by Gasteiger charge is 2.25. The molecule has 8 heteroatoms. The first-order valence-electron chi connectivity index (χ1n) is 10.1. The van der Waals surface area contributed by atoms with E-state index in [4.69, 9.17) is 4.98 Å². The van der Waals surface area contributed by atoms with Crippen molar-refractivity contribution < 1.29 is 9.18 Å². The predicted octanol–water partition coefficient (Wildman–Crippen LogP) is 3.79. The van der Waals surface area contributed by atoms with E-state index in [-0.39, 0.29) is 17.6 Å². The number of hydrogen-bond donors (Lipinski definition) is 1. The molecule has 0 bridgehead atoms. The molecule has 1 N–H and O–H groups in total. The fourth-order valence-corrected chi connectivity index (χ4v) is 3.79. The summed E-state index contributed by atoms with van der Waals surface area (Å²) in [5.74, 6) is 0.0843. The standard InChI is InChI=1S/C23H25FN6O/c1-13(2)18-12-17(19-14(3)28-30(5)21(19)26-18)23(31)27-20(22-25-9-10-29(22)4)15-7-6-8-16(24)11-15/h6-13,20H,1-5H3,(H,27,31). The first-order chi connectivity index (χ1) is 14.8. The van der Waals surface area contributed by atoms with Gasteiger partial charge in [-0.25, -0.2) is 14.4 Å². The van der Waals surface area contributed by atoms with Crippen LogP contribution in [0.1, 0.15) is 58.9 Å². The van der Waals surface area contributed by atoms with Crippen LogP contribution in [0.25, 0.3) is 11.0 Å². The lowest BCUT2D eigenvalue weighted by Crippen LogP contribution is -2.31. The third-order valence-corrected chi connectivity index (χ3v) is 5.40. The first kappa shape index (κ1) is 20.7. The molecule has 4 aromatic rings. The zero-order valence-electron chi connectivity index (χ0n) is 18.2. The third-order valence-electron chi connectivity index (χ3n) is 5.40. The SMILES string of the molecule is Cc1nn(C)c2nc(C(C)C)cc(C(=O)NC(c3cccc(F)c3)c3nccn3C)c12. The molecular weight excluding hydrogens is 395 g/mol. The number of aryl methyl sites for hydroxylation is 3. The number of nitrogens with zero attached hydrogens (tertiary/aromatic N) is 5. The van der Waals surface area contributed by atoms with Gasteiger partial charge in [-0.3, -0.25) is 9.48 Å². The Morgan fingerprint density at radius 3 is 2.61 bits per heavy atom. The molecule has 0 aliphatic heterocycles. The number of aromatic nitrogens is 5. The van der Waals surface area contributed by atoms with Crippen molar-refractivity contribution in [1.29, 1.82) is 0 Å². The molecule has 1 aromatic carbocycles. The first-order valence-corrected chi connectivity index (χ1v) is 10.1.